The molecule has 0 fully saturated rings. The maximum absolute atomic E-state index is 13.6. The summed E-state index contributed by atoms with van der Waals surface area (Å²) in [6.45, 7) is 2.06. The minimum atomic E-state index is -0.477. The number of methoxy groups -OCH3 is 1. The molecule has 0 bridgehead atoms. The van der Waals surface area contributed by atoms with Gasteiger partial charge in [0.15, 0.2) is 0 Å². The zero-order chi connectivity index (χ0) is 23.1. The van der Waals surface area contributed by atoms with E-state index in [0.717, 1.165) is 21.1 Å². The van der Waals surface area contributed by atoms with Gasteiger partial charge in [-0.15, -0.1) is 0 Å². The second-order valence-corrected chi connectivity index (χ2v) is 8.33. The van der Waals surface area contributed by atoms with Crippen molar-refractivity contribution in [2.45, 2.75) is 19.8 Å². The van der Waals surface area contributed by atoms with Crippen molar-refractivity contribution in [3.05, 3.63) is 97.9 Å². The Morgan fingerprint density at radius 1 is 1.16 bits per heavy atom. The highest BCUT2D eigenvalue weighted by Gasteiger charge is 2.14. The minimum absolute atomic E-state index is 0.0136. The van der Waals surface area contributed by atoms with Gasteiger partial charge >= 0.3 is 0 Å². The number of halogens is 2. The highest BCUT2D eigenvalue weighted by atomic mass is 127. The molecule has 3 aromatic carbocycles. The molecule has 3 rings (SSSR count). The maximum atomic E-state index is 13.6. The average Bonchev–Trinajstić information content (AvgIpc) is 2.79. The Balaban J connectivity index is 1.85. The summed E-state index contributed by atoms with van der Waals surface area (Å²) < 4.78 is 20.0. The number of rotatable bonds is 7. The monoisotopic (exact) mass is 540 g/mol. The summed E-state index contributed by atoms with van der Waals surface area (Å²) in [7, 11) is 1.56. The molecular formula is C26H22FIN2O2. The maximum Gasteiger partial charge on any atom is 0.266 e. The second-order valence-electron chi connectivity index (χ2n) is 7.16. The molecule has 0 heterocycles. The van der Waals surface area contributed by atoms with Crippen LogP contribution in [-0.4, -0.2) is 13.0 Å². The Hall–Kier alpha value is -3.18. The third-order valence-electron chi connectivity index (χ3n) is 4.96. The first-order valence-corrected chi connectivity index (χ1v) is 11.1. The molecule has 0 saturated heterocycles. The lowest BCUT2D eigenvalue weighted by molar-refractivity contribution is -0.112. The van der Waals surface area contributed by atoms with Crippen LogP contribution in [0.2, 0.25) is 0 Å². The lowest BCUT2D eigenvalue weighted by Gasteiger charge is -2.13. The summed E-state index contributed by atoms with van der Waals surface area (Å²) in [5.74, 6) is -0.153. The zero-order valence-corrected chi connectivity index (χ0v) is 19.9. The summed E-state index contributed by atoms with van der Waals surface area (Å²) >= 11 is 2.19. The lowest BCUT2D eigenvalue weighted by Crippen LogP contribution is -2.13. The zero-order valence-electron chi connectivity index (χ0n) is 17.8. The first-order chi connectivity index (χ1) is 15.4. The van der Waals surface area contributed by atoms with Crippen LogP contribution in [0.1, 0.15) is 29.2 Å². The van der Waals surface area contributed by atoms with E-state index in [4.69, 9.17) is 4.74 Å². The molecule has 0 radical (unpaired) electrons. The number of carbonyl (C=O) groups excluding carboxylic acids is 1. The topological polar surface area (TPSA) is 62.1 Å². The highest BCUT2D eigenvalue weighted by molar-refractivity contribution is 14.1. The predicted molar refractivity (Wildman–Crippen MR) is 133 cm³/mol. The van der Waals surface area contributed by atoms with Crippen LogP contribution in [0, 0.1) is 20.7 Å². The smallest absolute Gasteiger partial charge is 0.266 e. The van der Waals surface area contributed by atoms with Crippen LogP contribution in [0.25, 0.3) is 6.08 Å². The fraction of sp³-hybridized carbons (Fsp3) is 0.154. The van der Waals surface area contributed by atoms with Crippen LogP contribution in [0.4, 0.5) is 10.1 Å². The largest absolute Gasteiger partial charge is 0.496 e. The van der Waals surface area contributed by atoms with Crippen molar-refractivity contribution in [2.75, 3.05) is 12.4 Å². The van der Waals surface area contributed by atoms with E-state index in [1.165, 1.54) is 23.8 Å². The first kappa shape index (κ1) is 23.5. The number of hydrogen-bond donors (Lipinski definition) is 1. The molecule has 1 amide bonds. The van der Waals surface area contributed by atoms with E-state index >= 15 is 0 Å². The van der Waals surface area contributed by atoms with Gasteiger partial charge in [-0.3, -0.25) is 4.79 Å². The van der Waals surface area contributed by atoms with Crippen LogP contribution < -0.4 is 10.1 Å². The van der Waals surface area contributed by atoms with Gasteiger partial charge in [-0.05, 0) is 88.2 Å². The molecule has 3 aromatic rings. The molecule has 0 aliphatic carbocycles. The average molecular weight is 540 g/mol. The molecule has 4 nitrogen and oxygen atoms in total. The van der Waals surface area contributed by atoms with Crippen molar-refractivity contribution in [2.24, 2.45) is 0 Å². The van der Waals surface area contributed by atoms with E-state index in [9.17, 15) is 14.4 Å². The van der Waals surface area contributed by atoms with Gasteiger partial charge in [0.05, 0.1) is 7.11 Å². The van der Waals surface area contributed by atoms with Crippen LogP contribution in [0.5, 0.6) is 5.75 Å². The van der Waals surface area contributed by atoms with Crippen molar-refractivity contribution in [3.8, 4) is 11.8 Å². The molecule has 0 saturated carbocycles. The first-order valence-electron chi connectivity index (χ1n) is 10.1. The predicted octanol–water partition coefficient (Wildman–Crippen LogP) is 6.14. The number of anilines is 1. The van der Waals surface area contributed by atoms with Crippen molar-refractivity contribution >= 4 is 40.3 Å². The third-order valence-corrected chi connectivity index (χ3v) is 5.93. The Bertz CT molecular complexity index is 1200. The molecule has 0 unspecified atom stereocenters. The lowest BCUT2D eigenvalue weighted by atomic mass is 10.0. The van der Waals surface area contributed by atoms with Gasteiger partial charge < -0.3 is 10.1 Å². The van der Waals surface area contributed by atoms with Crippen LogP contribution in [0.3, 0.4) is 0 Å². The molecule has 1 N–H and O–H groups in total. The van der Waals surface area contributed by atoms with Gasteiger partial charge in [0.1, 0.15) is 23.2 Å². The number of nitrogens with zero attached hydrogens (tertiary/aromatic N) is 1. The van der Waals surface area contributed by atoms with Crippen molar-refractivity contribution in [3.63, 3.8) is 0 Å². The van der Waals surface area contributed by atoms with E-state index in [1.54, 1.807) is 19.2 Å². The molecule has 0 aliphatic rings. The van der Waals surface area contributed by atoms with E-state index < -0.39 is 5.91 Å². The van der Waals surface area contributed by atoms with Gasteiger partial charge in [0.25, 0.3) is 5.91 Å². The van der Waals surface area contributed by atoms with Crippen molar-refractivity contribution < 1.29 is 13.9 Å². The Morgan fingerprint density at radius 3 is 2.53 bits per heavy atom. The molecule has 162 valence electrons. The van der Waals surface area contributed by atoms with Gasteiger partial charge in [-0.2, -0.15) is 5.26 Å². The summed E-state index contributed by atoms with van der Waals surface area (Å²) in [4.78, 5) is 12.6. The summed E-state index contributed by atoms with van der Waals surface area (Å²) in [6, 6.07) is 19.6. The number of amides is 1. The summed E-state index contributed by atoms with van der Waals surface area (Å²) in [5, 5.41) is 12.3. The van der Waals surface area contributed by atoms with Crippen molar-refractivity contribution in [1.29, 1.82) is 5.26 Å². The normalized spacial score (nSPS) is 11.0. The molecule has 0 aromatic heterocycles. The van der Waals surface area contributed by atoms with Crippen LogP contribution in [-0.2, 0) is 17.6 Å². The van der Waals surface area contributed by atoms with E-state index in [2.05, 4.69) is 34.8 Å². The van der Waals surface area contributed by atoms with Gasteiger partial charge in [-0.1, -0.05) is 31.2 Å². The van der Waals surface area contributed by atoms with Crippen LogP contribution in [0.15, 0.2) is 66.2 Å². The van der Waals surface area contributed by atoms with Crippen molar-refractivity contribution in [1.82, 2.24) is 0 Å². The number of benzene rings is 3. The summed E-state index contributed by atoms with van der Waals surface area (Å²) in [6.07, 6.45) is 2.95. The molecule has 0 aliphatic heterocycles. The minimum Gasteiger partial charge on any atom is -0.496 e. The van der Waals surface area contributed by atoms with Gasteiger partial charge in [0.2, 0.25) is 0 Å². The molecule has 0 atom stereocenters. The number of carbonyl (C=O) groups is 1. The Kier molecular flexibility index (Phi) is 8.01. The SMILES string of the molecule is CCc1ccc(NC(=O)/C(C#N)=C/c2cc(I)c(Cc3cccc(F)c3)c(OC)c2)cc1. The quantitative estimate of drug-likeness (QED) is 0.223. The second kappa shape index (κ2) is 10.9. The number of hydrogen-bond acceptors (Lipinski definition) is 3. The van der Waals surface area contributed by atoms with Gasteiger partial charge in [-0.25, -0.2) is 4.39 Å². The molecule has 32 heavy (non-hydrogen) atoms. The summed E-state index contributed by atoms with van der Waals surface area (Å²) in [5.41, 5.74) is 4.19. The fourth-order valence-electron chi connectivity index (χ4n) is 3.26. The van der Waals surface area contributed by atoms with E-state index in [-0.39, 0.29) is 11.4 Å². The van der Waals surface area contributed by atoms with E-state index in [0.29, 0.717) is 23.4 Å². The fourth-order valence-corrected chi connectivity index (χ4v) is 4.07. The Morgan fingerprint density at radius 2 is 1.91 bits per heavy atom. The number of ether oxygens (including phenoxy) is 1. The Labute approximate surface area is 200 Å². The number of aryl methyl sites for hydroxylation is 1. The van der Waals surface area contributed by atoms with E-state index in [1.807, 2.05) is 42.5 Å². The third kappa shape index (κ3) is 5.95. The molecule has 6 heteroatoms. The highest BCUT2D eigenvalue weighted by Crippen LogP contribution is 2.30. The number of nitrogens with one attached hydrogen (secondary N) is 1. The molecule has 0 spiro atoms. The van der Waals surface area contributed by atoms with Crippen LogP contribution >= 0.6 is 22.6 Å². The standard InChI is InChI=1S/C26H22FIN2O2/c1-3-17-7-9-22(10-8-17)30-26(31)20(16-29)11-19-14-24(28)23(25(15-19)32-2)13-18-5-4-6-21(27)12-18/h4-12,14-15H,3,13H2,1-2H3,(H,30,31)/b20-11+. The molecular weight excluding hydrogens is 518 g/mol. The van der Waals surface area contributed by atoms with Gasteiger partial charge in [0, 0.05) is 21.2 Å². The number of nitriles is 1.